The fourth-order valence-electron chi connectivity index (χ4n) is 2.34. The van der Waals surface area contributed by atoms with Gasteiger partial charge in [0.25, 0.3) is 0 Å². The van der Waals surface area contributed by atoms with E-state index >= 15 is 0 Å². The number of fused-ring (bicyclic) bond motifs is 1. The molecule has 0 spiro atoms. The summed E-state index contributed by atoms with van der Waals surface area (Å²) in [7, 11) is 0. The van der Waals surface area contributed by atoms with Crippen LogP contribution >= 0.6 is 11.6 Å². The van der Waals surface area contributed by atoms with Gasteiger partial charge in [-0.1, -0.05) is 54.9 Å². The Morgan fingerprint density at radius 1 is 0.947 bits per heavy atom. The highest BCUT2D eigenvalue weighted by Gasteiger charge is 2.15. The highest BCUT2D eigenvalue weighted by atomic mass is 35.5. The van der Waals surface area contributed by atoms with Crippen molar-refractivity contribution in [2.24, 2.45) is 0 Å². The van der Waals surface area contributed by atoms with Gasteiger partial charge in [0, 0.05) is 16.3 Å². The van der Waals surface area contributed by atoms with Crippen molar-refractivity contribution in [1.82, 2.24) is 9.97 Å². The van der Waals surface area contributed by atoms with Crippen LogP contribution in [0.25, 0.3) is 10.9 Å². The van der Waals surface area contributed by atoms with E-state index in [2.05, 4.69) is 23.0 Å². The van der Waals surface area contributed by atoms with Gasteiger partial charge in [-0.25, -0.2) is 9.97 Å². The summed E-state index contributed by atoms with van der Waals surface area (Å²) in [4.78, 5) is 8.75. The maximum absolute atomic E-state index is 6.28. The van der Waals surface area contributed by atoms with Gasteiger partial charge in [-0.2, -0.15) is 0 Å². The number of hydrogen-bond acceptors (Lipinski definition) is 2. The summed E-state index contributed by atoms with van der Waals surface area (Å²) in [6.07, 6.45) is 1.62. The topological polar surface area (TPSA) is 25.8 Å². The van der Waals surface area contributed by atoms with Crippen LogP contribution in [0.3, 0.4) is 0 Å². The molecule has 0 aliphatic rings. The SMILES string of the molecule is CC(c1ccccc1Cl)c1ncnc2ccccc12. The molecule has 2 nitrogen and oxygen atoms in total. The Labute approximate surface area is 117 Å². The quantitative estimate of drug-likeness (QED) is 0.687. The molecule has 0 aliphatic heterocycles. The summed E-state index contributed by atoms with van der Waals surface area (Å²) in [5, 5.41) is 1.86. The Bertz CT molecular complexity index is 719. The summed E-state index contributed by atoms with van der Waals surface area (Å²) < 4.78 is 0. The molecule has 1 unspecified atom stereocenters. The van der Waals surface area contributed by atoms with Gasteiger partial charge in [0.15, 0.2) is 0 Å². The zero-order valence-electron chi connectivity index (χ0n) is 10.5. The van der Waals surface area contributed by atoms with Gasteiger partial charge in [-0.15, -0.1) is 0 Å². The van der Waals surface area contributed by atoms with Crippen LogP contribution in [0.4, 0.5) is 0 Å². The number of rotatable bonds is 2. The first-order chi connectivity index (χ1) is 9.27. The first kappa shape index (κ1) is 12.1. The molecule has 3 aromatic rings. The third-order valence-electron chi connectivity index (χ3n) is 3.36. The third-order valence-corrected chi connectivity index (χ3v) is 3.70. The Morgan fingerprint density at radius 2 is 1.68 bits per heavy atom. The maximum Gasteiger partial charge on any atom is 0.116 e. The van der Waals surface area contributed by atoms with Gasteiger partial charge in [-0.3, -0.25) is 0 Å². The van der Waals surface area contributed by atoms with Crippen LogP contribution in [0, 0.1) is 0 Å². The monoisotopic (exact) mass is 268 g/mol. The van der Waals surface area contributed by atoms with E-state index in [4.69, 9.17) is 11.6 Å². The van der Waals surface area contributed by atoms with Crippen molar-refractivity contribution in [2.75, 3.05) is 0 Å². The fraction of sp³-hybridized carbons (Fsp3) is 0.125. The van der Waals surface area contributed by atoms with Crippen LogP contribution in [0.15, 0.2) is 54.9 Å². The molecule has 1 heterocycles. The first-order valence-corrected chi connectivity index (χ1v) is 6.59. The van der Waals surface area contributed by atoms with Gasteiger partial charge in [-0.05, 0) is 17.7 Å². The van der Waals surface area contributed by atoms with Crippen LogP contribution < -0.4 is 0 Å². The Kier molecular flexibility index (Phi) is 3.18. The van der Waals surface area contributed by atoms with Crippen LogP contribution in [-0.4, -0.2) is 9.97 Å². The zero-order valence-corrected chi connectivity index (χ0v) is 11.3. The molecule has 0 fully saturated rings. The van der Waals surface area contributed by atoms with Gasteiger partial charge in [0.05, 0.1) is 11.2 Å². The predicted molar refractivity (Wildman–Crippen MR) is 78.5 cm³/mol. The van der Waals surface area contributed by atoms with Crippen molar-refractivity contribution < 1.29 is 0 Å². The molecule has 0 bridgehead atoms. The van der Waals surface area contributed by atoms with Crippen molar-refractivity contribution in [3.63, 3.8) is 0 Å². The standard InChI is InChI=1S/C16H13ClN2/c1-11(12-6-2-4-8-14(12)17)16-13-7-3-5-9-15(13)18-10-19-16/h2-11H,1H3. The Morgan fingerprint density at radius 3 is 2.53 bits per heavy atom. The van der Waals surface area contributed by atoms with E-state index in [9.17, 15) is 0 Å². The maximum atomic E-state index is 6.28. The lowest BCUT2D eigenvalue weighted by molar-refractivity contribution is 0.877. The van der Waals surface area contributed by atoms with Crippen molar-refractivity contribution in [3.8, 4) is 0 Å². The number of halogens is 1. The Balaban J connectivity index is 2.17. The molecule has 0 amide bonds. The van der Waals surface area contributed by atoms with Crippen LogP contribution in [-0.2, 0) is 0 Å². The normalized spacial score (nSPS) is 12.5. The highest BCUT2D eigenvalue weighted by Crippen LogP contribution is 2.31. The van der Waals surface area contributed by atoms with E-state index in [0.717, 1.165) is 27.2 Å². The lowest BCUT2D eigenvalue weighted by Crippen LogP contribution is -2.01. The molecular weight excluding hydrogens is 256 g/mol. The highest BCUT2D eigenvalue weighted by molar-refractivity contribution is 6.31. The molecule has 0 radical (unpaired) electrons. The van der Waals surface area contributed by atoms with Crippen molar-refractivity contribution in [1.29, 1.82) is 0 Å². The molecule has 3 heteroatoms. The first-order valence-electron chi connectivity index (χ1n) is 6.21. The summed E-state index contributed by atoms with van der Waals surface area (Å²) >= 11 is 6.28. The molecule has 0 aliphatic carbocycles. The molecule has 2 aromatic carbocycles. The smallest absolute Gasteiger partial charge is 0.116 e. The number of nitrogens with zero attached hydrogens (tertiary/aromatic N) is 2. The second-order valence-electron chi connectivity index (χ2n) is 4.52. The number of aromatic nitrogens is 2. The zero-order chi connectivity index (χ0) is 13.2. The number of benzene rings is 2. The van der Waals surface area contributed by atoms with Crippen LogP contribution in [0.1, 0.15) is 24.1 Å². The van der Waals surface area contributed by atoms with Crippen LogP contribution in [0.5, 0.6) is 0 Å². The molecule has 1 atom stereocenters. The lowest BCUT2D eigenvalue weighted by Gasteiger charge is -2.14. The molecule has 0 saturated carbocycles. The summed E-state index contributed by atoms with van der Waals surface area (Å²) in [6.45, 7) is 2.12. The minimum Gasteiger partial charge on any atom is -0.240 e. The van der Waals surface area contributed by atoms with E-state index in [0.29, 0.717) is 0 Å². The average molecular weight is 269 g/mol. The van der Waals surface area contributed by atoms with Gasteiger partial charge in [0.1, 0.15) is 6.33 Å². The van der Waals surface area contributed by atoms with Crippen molar-refractivity contribution in [3.05, 3.63) is 71.1 Å². The molecule has 94 valence electrons. The predicted octanol–water partition coefficient (Wildman–Crippen LogP) is 4.44. The van der Waals surface area contributed by atoms with E-state index in [1.54, 1.807) is 6.33 Å². The average Bonchev–Trinajstić information content (AvgIpc) is 2.46. The van der Waals surface area contributed by atoms with Crippen LogP contribution in [0.2, 0.25) is 5.02 Å². The van der Waals surface area contributed by atoms with E-state index in [1.807, 2.05) is 42.5 Å². The molecule has 19 heavy (non-hydrogen) atoms. The van der Waals surface area contributed by atoms with Crippen molar-refractivity contribution >= 4 is 22.5 Å². The van der Waals surface area contributed by atoms with E-state index < -0.39 is 0 Å². The largest absolute Gasteiger partial charge is 0.240 e. The molecule has 0 N–H and O–H groups in total. The van der Waals surface area contributed by atoms with E-state index in [-0.39, 0.29) is 5.92 Å². The summed E-state index contributed by atoms with van der Waals surface area (Å²) in [5.41, 5.74) is 3.07. The van der Waals surface area contributed by atoms with Gasteiger partial charge >= 0.3 is 0 Å². The second kappa shape index (κ2) is 4.98. The fourth-order valence-corrected chi connectivity index (χ4v) is 2.64. The number of para-hydroxylation sites is 1. The summed E-state index contributed by atoms with van der Waals surface area (Å²) in [6, 6.07) is 15.9. The minimum atomic E-state index is 0.140. The minimum absolute atomic E-state index is 0.140. The van der Waals surface area contributed by atoms with Crippen molar-refractivity contribution in [2.45, 2.75) is 12.8 Å². The molecular formula is C16H13ClN2. The number of hydrogen-bond donors (Lipinski definition) is 0. The molecule has 1 aromatic heterocycles. The molecule has 3 rings (SSSR count). The lowest BCUT2D eigenvalue weighted by atomic mass is 9.95. The second-order valence-corrected chi connectivity index (χ2v) is 4.93. The third kappa shape index (κ3) is 2.20. The van der Waals surface area contributed by atoms with E-state index in [1.165, 1.54) is 0 Å². The Hall–Kier alpha value is -1.93. The molecule has 0 saturated heterocycles. The van der Waals surface area contributed by atoms with Gasteiger partial charge < -0.3 is 0 Å². The van der Waals surface area contributed by atoms with Gasteiger partial charge in [0.2, 0.25) is 0 Å². The summed E-state index contributed by atoms with van der Waals surface area (Å²) in [5.74, 6) is 0.140.